The lowest BCUT2D eigenvalue weighted by Crippen LogP contribution is -2.14. The molecule has 29 heavy (non-hydrogen) atoms. The number of methoxy groups -OCH3 is 2. The van der Waals surface area contributed by atoms with Crippen LogP contribution in [-0.4, -0.2) is 40.6 Å². The highest BCUT2D eigenvalue weighted by Crippen LogP contribution is 2.32. The third-order valence-electron chi connectivity index (χ3n) is 4.90. The highest BCUT2D eigenvalue weighted by molar-refractivity contribution is 7.99. The molecule has 2 heterocycles. The molecule has 1 aliphatic rings. The molecule has 6 nitrogen and oxygen atoms in total. The van der Waals surface area contributed by atoms with Gasteiger partial charge in [-0.2, -0.15) is 9.78 Å². The second kappa shape index (κ2) is 7.25. The van der Waals surface area contributed by atoms with E-state index in [1.54, 1.807) is 26.0 Å². The number of aromatic nitrogens is 3. The van der Waals surface area contributed by atoms with Gasteiger partial charge in [-0.3, -0.25) is 0 Å². The van der Waals surface area contributed by atoms with Crippen molar-refractivity contribution in [3.05, 3.63) is 66.2 Å². The minimum absolute atomic E-state index is 0.682. The molecule has 3 aromatic carbocycles. The third-order valence-corrected chi connectivity index (χ3v) is 5.83. The second-order valence-electron chi connectivity index (χ2n) is 6.59. The number of hydrogen-bond acceptors (Lipinski definition) is 6. The number of fused-ring (bicyclic) bond motifs is 2. The summed E-state index contributed by atoms with van der Waals surface area (Å²) in [5.74, 6) is 2.82. The van der Waals surface area contributed by atoms with E-state index in [9.17, 15) is 0 Å². The molecule has 1 aliphatic heterocycles. The molecule has 0 N–H and O–H groups in total. The lowest BCUT2D eigenvalue weighted by atomic mass is 10.1. The first-order valence-corrected chi connectivity index (χ1v) is 10.1. The predicted molar refractivity (Wildman–Crippen MR) is 115 cm³/mol. The summed E-state index contributed by atoms with van der Waals surface area (Å²) in [6.07, 6.45) is 0. The number of nitrogens with zero attached hydrogens (tertiary/aromatic N) is 4. The van der Waals surface area contributed by atoms with E-state index in [1.807, 2.05) is 35.0 Å². The van der Waals surface area contributed by atoms with E-state index in [0.29, 0.717) is 17.3 Å². The summed E-state index contributed by atoms with van der Waals surface area (Å²) in [4.78, 5) is 0. The Morgan fingerprint density at radius 3 is 2.45 bits per heavy atom. The molecule has 1 aromatic heterocycles. The van der Waals surface area contributed by atoms with Crippen LogP contribution in [0.3, 0.4) is 0 Å². The van der Waals surface area contributed by atoms with Crippen LogP contribution in [0.25, 0.3) is 22.2 Å². The average Bonchev–Trinajstić information content (AvgIpc) is 3.21. The monoisotopic (exact) mass is 402 g/mol. The van der Waals surface area contributed by atoms with Gasteiger partial charge in [0, 0.05) is 16.9 Å². The van der Waals surface area contributed by atoms with Gasteiger partial charge in [0.15, 0.2) is 17.3 Å². The first-order chi connectivity index (χ1) is 14.3. The summed E-state index contributed by atoms with van der Waals surface area (Å²) < 4.78 is 12.6. The van der Waals surface area contributed by atoms with Crippen molar-refractivity contribution in [3.8, 4) is 22.9 Å². The van der Waals surface area contributed by atoms with Gasteiger partial charge in [0.1, 0.15) is 0 Å². The Bertz CT molecular complexity index is 1250. The molecule has 5 rings (SSSR count). The van der Waals surface area contributed by atoms with E-state index >= 15 is 0 Å². The number of hydrogen-bond donors (Lipinski definition) is 0. The zero-order valence-electron chi connectivity index (χ0n) is 16.0. The van der Waals surface area contributed by atoms with Gasteiger partial charge in [-0.15, -0.1) is 10.2 Å². The molecule has 4 aromatic rings. The first-order valence-electron chi connectivity index (χ1n) is 9.14. The Morgan fingerprint density at radius 2 is 1.62 bits per heavy atom. The fourth-order valence-corrected chi connectivity index (χ4v) is 4.23. The molecular formula is C22H18N4O2S. The van der Waals surface area contributed by atoms with Crippen molar-refractivity contribution >= 4 is 28.2 Å². The van der Waals surface area contributed by atoms with Crippen molar-refractivity contribution in [1.29, 1.82) is 0 Å². The van der Waals surface area contributed by atoms with Crippen LogP contribution in [0.5, 0.6) is 11.5 Å². The largest absolute Gasteiger partial charge is 0.493 e. The Balaban J connectivity index is 1.58. The summed E-state index contributed by atoms with van der Waals surface area (Å²) >= 11 is 1.62. The van der Waals surface area contributed by atoms with Crippen LogP contribution < -0.4 is 9.47 Å². The normalized spacial score (nSPS) is 13.1. The van der Waals surface area contributed by atoms with Gasteiger partial charge in [-0.05, 0) is 35.0 Å². The molecule has 144 valence electrons. The number of thioether (sulfide) groups is 1. The predicted octanol–water partition coefficient (Wildman–Crippen LogP) is 4.47. The molecule has 0 bridgehead atoms. The Morgan fingerprint density at radius 1 is 0.828 bits per heavy atom. The zero-order valence-corrected chi connectivity index (χ0v) is 16.8. The van der Waals surface area contributed by atoms with Crippen molar-refractivity contribution in [2.24, 2.45) is 5.10 Å². The molecule has 7 heteroatoms. The minimum atomic E-state index is 0.682. The van der Waals surface area contributed by atoms with Crippen molar-refractivity contribution in [2.45, 2.75) is 5.16 Å². The van der Waals surface area contributed by atoms with Gasteiger partial charge >= 0.3 is 0 Å². The molecule has 0 fully saturated rings. The Kier molecular flexibility index (Phi) is 4.44. The highest BCUT2D eigenvalue weighted by Gasteiger charge is 2.21. The molecule has 0 aliphatic carbocycles. The van der Waals surface area contributed by atoms with E-state index in [4.69, 9.17) is 14.6 Å². The maximum Gasteiger partial charge on any atom is 0.212 e. The first kappa shape index (κ1) is 17.8. The molecule has 0 amide bonds. The summed E-state index contributed by atoms with van der Waals surface area (Å²) in [6.45, 7) is 0. The van der Waals surface area contributed by atoms with E-state index in [1.165, 1.54) is 5.39 Å². The standard InChI is InChI=1S/C22H18N4O2S/c1-27-19-10-9-16(12-20(19)28-2)18-13-29-22-24-23-21(26(22)25-18)17-8-7-14-5-3-4-6-15(14)11-17/h3-12H,13H2,1-2H3. The Labute approximate surface area is 172 Å². The maximum atomic E-state index is 5.44. The van der Waals surface area contributed by atoms with Crippen LogP contribution in [0.1, 0.15) is 5.56 Å². The fourth-order valence-electron chi connectivity index (χ4n) is 3.39. The van der Waals surface area contributed by atoms with Crippen LogP contribution in [0.4, 0.5) is 0 Å². The third kappa shape index (κ3) is 3.13. The van der Waals surface area contributed by atoms with Crippen molar-refractivity contribution in [2.75, 3.05) is 20.0 Å². The van der Waals surface area contributed by atoms with Crippen molar-refractivity contribution < 1.29 is 9.47 Å². The maximum absolute atomic E-state index is 5.44. The van der Waals surface area contributed by atoms with Crippen LogP contribution in [0.15, 0.2) is 70.9 Å². The van der Waals surface area contributed by atoms with Gasteiger partial charge in [0.2, 0.25) is 5.16 Å². The van der Waals surface area contributed by atoms with Crippen molar-refractivity contribution in [3.63, 3.8) is 0 Å². The molecule has 0 spiro atoms. The van der Waals surface area contributed by atoms with Gasteiger partial charge in [0.05, 0.1) is 19.9 Å². The molecular weight excluding hydrogens is 384 g/mol. The SMILES string of the molecule is COc1ccc(C2=Nn3c(nnc3-c3ccc4ccccc4c3)SC2)cc1OC. The Hall–Kier alpha value is -3.32. The fraction of sp³-hybridized carbons (Fsp3) is 0.136. The molecule has 0 unspecified atom stereocenters. The number of ether oxygens (including phenoxy) is 2. The molecule has 0 radical (unpaired) electrons. The topological polar surface area (TPSA) is 61.5 Å². The van der Waals surface area contributed by atoms with Gasteiger partial charge < -0.3 is 9.47 Å². The van der Waals surface area contributed by atoms with E-state index in [0.717, 1.165) is 33.2 Å². The van der Waals surface area contributed by atoms with Crippen LogP contribution in [-0.2, 0) is 0 Å². The van der Waals surface area contributed by atoms with E-state index < -0.39 is 0 Å². The zero-order chi connectivity index (χ0) is 19.8. The number of rotatable bonds is 4. The van der Waals surface area contributed by atoms with Crippen LogP contribution >= 0.6 is 11.8 Å². The summed E-state index contributed by atoms with van der Waals surface area (Å²) in [5.41, 5.74) is 2.91. The average molecular weight is 402 g/mol. The molecule has 0 atom stereocenters. The van der Waals surface area contributed by atoms with Gasteiger partial charge in [-0.1, -0.05) is 48.2 Å². The van der Waals surface area contributed by atoms with Gasteiger partial charge in [0.25, 0.3) is 0 Å². The quantitative estimate of drug-likeness (QED) is 0.504. The smallest absolute Gasteiger partial charge is 0.212 e. The van der Waals surface area contributed by atoms with Gasteiger partial charge in [-0.25, -0.2) is 0 Å². The lowest BCUT2D eigenvalue weighted by molar-refractivity contribution is 0.355. The molecule has 0 saturated carbocycles. The molecule has 0 saturated heterocycles. The van der Waals surface area contributed by atoms with E-state index in [-0.39, 0.29) is 0 Å². The lowest BCUT2D eigenvalue weighted by Gasteiger charge is -2.15. The summed E-state index contributed by atoms with van der Waals surface area (Å²) in [7, 11) is 3.26. The highest BCUT2D eigenvalue weighted by atomic mass is 32.2. The summed E-state index contributed by atoms with van der Waals surface area (Å²) in [6, 6.07) is 20.4. The van der Waals surface area contributed by atoms with Crippen LogP contribution in [0, 0.1) is 0 Å². The second-order valence-corrected chi connectivity index (χ2v) is 7.53. The van der Waals surface area contributed by atoms with E-state index in [2.05, 4.69) is 40.5 Å². The minimum Gasteiger partial charge on any atom is -0.493 e. The number of benzene rings is 3. The summed E-state index contributed by atoms with van der Waals surface area (Å²) in [5, 5.41) is 16.7. The van der Waals surface area contributed by atoms with Crippen LogP contribution in [0.2, 0.25) is 0 Å². The van der Waals surface area contributed by atoms with Crippen molar-refractivity contribution in [1.82, 2.24) is 14.9 Å².